The van der Waals surface area contributed by atoms with Gasteiger partial charge in [-0.15, -0.1) is 0 Å². The van der Waals surface area contributed by atoms with Gasteiger partial charge >= 0.3 is 5.97 Å². The third-order valence-corrected chi connectivity index (χ3v) is 2.35. The molecule has 0 saturated carbocycles. The number of carboxylic acids is 1. The van der Waals surface area contributed by atoms with Crippen LogP contribution in [0.3, 0.4) is 0 Å². The molecule has 94 valence electrons. The molecule has 0 bridgehead atoms. The van der Waals surface area contributed by atoms with Gasteiger partial charge in [-0.2, -0.15) is 0 Å². The van der Waals surface area contributed by atoms with Crippen molar-refractivity contribution in [1.29, 1.82) is 0 Å². The summed E-state index contributed by atoms with van der Waals surface area (Å²) >= 11 is 0. The quantitative estimate of drug-likeness (QED) is 0.814. The highest BCUT2D eigenvalue weighted by molar-refractivity contribution is 5.75. The molecule has 1 rings (SSSR count). The minimum atomic E-state index is -0.942. The fraction of sp³-hybridized carbons (Fsp3) is 0.417. The zero-order chi connectivity index (χ0) is 13.0. The van der Waals surface area contributed by atoms with Gasteiger partial charge in [0, 0.05) is 0 Å². The van der Waals surface area contributed by atoms with E-state index in [0.29, 0.717) is 17.9 Å². The lowest BCUT2D eigenvalue weighted by molar-refractivity contribution is -0.142. The lowest BCUT2D eigenvalue weighted by Gasteiger charge is -2.21. The number of hydrogen-bond acceptors (Lipinski definition) is 4. The Labute approximate surface area is 100 Å². The molecule has 0 aromatic heterocycles. The van der Waals surface area contributed by atoms with Crippen molar-refractivity contribution in [3.63, 3.8) is 0 Å². The molecule has 2 N–H and O–H groups in total. The summed E-state index contributed by atoms with van der Waals surface area (Å²) in [7, 11) is 3.37. The second-order valence-electron chi connectivity index (χ2n) is 3.86. The van der Waals surface area contributed by atoms with Crippen LogP contribution < -0.4 is 4.74 Å². The molecule has 17 heavy (non-hydrogen) atoms. The van der Waals surface area contributed by atoms with Gasteiger partial charge in [-0.05, 0) is 38.7 Å². The molecule has 1 atom stereocenters. The predicted octanol–water partition coefficient (Wildman–Crippen LogP) is 1.48. The average Bonchev–Trinajstić information content (AvgIpc) is 2.22. The molecule has 5 nitrogen and oxygen atoms in total. The van der Waals surface area contributed by atoms with E-state index in [-0.39, 0.29) is 5.75 Å². The molecular formula is C12H17NO4. The van der Waals surface area contributed by atoms with Gasteiger partial charge in [-0.25, -0.2) is 0 Å². The van der Waals surface area contributed by atoms with Crippen LogP contribution in [0.25, 0.3) is 0 Å². The van der Waals surface area contributed by atoms with E-state index < -0.39 is 12.0 Å². The Morgan fingerprint density at radius 1 is 1.47 bits per heavy atom. The average molecular weight is 239 g/mol. The van der Waals surface area contributed by atoms with Crippen molar-refractivity contribution in [3.05, 3.63) is 23.8 Å². The molecule has 0 aliphatic carbocycles. The molecule has 0 aliphatic rings. The third-order valence-electron chi connectivity index (χ3n) is 2.35. The summed E-state index contributed by atoms with van der Waals surface area (Å²) in [6.07, 6.45) is 0. The van der Waals surface area contributed by atoms with E-state index in [2.05, 4.69) is 0 Å². The highest BCUT2D eigenvalue weighted by Gasteiger charge is 2.23. The van der Waals surface area contributed by atoms with Gasteiger partial charge in [0.25, 0.3) is 0 Å². The standard InChI is InChI=1S/C12H17NO4/c1-4-17-10-7-8(5-6-9(10)14)11(12(15)16)13(2)3/h5-7,11,14H,4H2,1-3H3,(H,15,16). The second-order valence-corrected chi connectivity index (χ2v) is 3.86. The van der Waals surface area contributed by atoms with Crippen LogP contribution in [0.1, 0.15) is 18.5 Å². The Balaban J connectivity index is 3.12. The number of carboxylic acid groups (broad SMARTS) is 1. The monoisotopic (exact) mass is 239 g/mol. The van der Waals surface area contributed by atoms with Gasteiger partial charge in [0.2, 0.25) is 0 Å². The summed E-state index contributed by atoms with van der Waals surface area (Å²) in [4.78, 5) is 12.7. The highest BCUT2D eigenvalue weighted by Crippen LogP contribution is 2.30. The van der Waals surface area contributed by atoms with Gasteiger partial charge < -0.3 is 14.9 Å². The van der Waals surface area contributed by atoms with Gasteiger partial charge in [-0.3, -0.25) is 9.69 Å². The number of hydrogen-bond donors (Lipinski definition) is 2. The first-order valence-electron chi connectivity index (χ1n) is 5.32. The van der Waals surface area contributed by atoms with Crippen molar-refractivity contribution in [2.75, 3.05) is 20.7 Å². The zero-order valence-corrected chi connectivity index (χ0v) is 10.2. The molecule has 1 aromatic rings. The lowest BCUT2D eigenvalue weighted by Crippen LogP contribution is -2.27. The number of phenolic OH excluding ortho intramolecular Hbond substituents is 1. The maximum absolute atomic E-state index is 11.2. The summed E-state index contributed by atoms with van der Waals surface area (Å²) in [5.41, 5.74) is 0.573. The van der Waals surface area contributed by atoms with Gasteiger partial charge in [0.1, 0.15) is 6.04 Å². The molecule has 1 aromatic carbocycles. The topological polar surface area (TPSA) is 70.0 Å². The molecule has 0 radical (unpaired) electrons. The first kappa shape index (κ1) is 13.3. The predicted molar refractivity (Wildman–Crippen MR) is 63.3 cm³/mol. The van der Waals surface area contributed by atoms with E-state index in [1.165, 1.54) is 6.07 Å². The van der Waals surface area contributed by atoms with Crippen molar-refractivity contribution < 1.29 is 19.7 Å². The van der Waals surface area contributed by atoms with Gasteiger partial charge in [0.05, 0.1) is 6.61 Å². The summed E-state index contributed by atoms with van der Waals surface area (Å²) in [6, 6.07) is 3.82. The number of nitrogens with zero attached hydrogens (tertiary/aromatic N) is 1. The fourth-order valence-corrected chi connectivity index (χ4v) is 1.63. The molecule has 0 fully saturated rings. The molecule has 1 unspecified atom stereocenters. The molecular weight excluding hydrogens is 222 g/mol. The van der Waals surface area contributed by atoms with Crippen LogP contribution in [0.5, 0.6) is 11.5 Å². The van der Waals surface area contributed by atoms with E-state index in [0.717, 1.165) is 0 Å². The minimum absolute atomic E-state index is 0.0125. The molecule has 0 amide bonds. The van der Waals surface area contributed by atoms with Crippen LogP contribution in [-0.2, 0) is 4.79 Å². The van der Waals surface area contributed by atoms with Crippen molar-refractivity contribution >= 4 is 5.97 Å². The van der Waals surface area contributed by atoms with Crippen molar-refractivity contribution in [1.82, 2.24) is 4.90 Å². The summed E-state index contributed by atoms with van der Waals surface area (Å²) < 4.78 is 5.23. The number of likely N-dealkylation sites (N-methyl/N-ethyl adjacent to an activating group) is 1. The minimum Gasteiger partial charge on any atom is -0.504 e. The SMILES string of the molecule is CCOc1cc(C(C(=O)O)N(C)C)ccc1O. The van der Waals surface area contributed by atoms with Crippen LogP contribution >= 0.6 is 0 Å². The summed E-state index contributed by atoms with van der Waals surface area (Å²) in [6.45, 7) is 2.21. The van der Waals surface area contributed by atoms with Crippen molar-refractivity contribution in [3.8, 4) is 11.5 Å². The second kappa shape index (κ2) is 5.54. The maximum atomic E-state index is 11.2. The normalized spacial score (nSPS) is 12.5. The highest BCUT2D eigenvalue weighted by atomic mass is 16.5. The zero-order valence-electron chi connectivity index (χ0n) is 10.2. The molecule has 0 saturated heterocycles. The number of carbonyl (C=O) groups is 1. The van der Waals surface area contributed by atoms with E-state index in [1.54, 1.807) is 38.1 Å². The number of phenols is 1. The van der Waals surface area contributed by atoms with Crippen molar-refractivity contribution in [2.45, 2.75) is 13.0 Å². The Morgan fingerprint density at radius 2 is 2.12 bits per heavy atom. The molecule has 0 spiro atoms. The van der Waals surface area contributed by atoms with Crippen LogP contribution in [0, 0.1) is 0 Å². The Morgan fingerprint density at radius 3 is 2.59 bits per heavy atom. The smallest absolute Gasteiger partial charge is 0.325 e. The van der Waals surface area contributed by atoms with Crippen molar-refractivity contribution in [2.24, 2.45) is 0 Å². The third kappa shape index (κ3) is 3.10. The molecule has 5 heteroatoms. The number of rotatable bonds is 5. The Hall–Kier alpha value is -1.75. The fourth-order valence-electron chi connectivity index (χ4n) is 1.63. The number of benzene rings is 1. The summed E-state index contributed by atoms with van der Waals surface area (Å²) in [5, 5.41) is 18.7. The van der Waals surface area contributed by atoms with E-state index in [1.807, 2.05) is 0 Å². The van der Waals surface area contributed by atoms with E-state index >= 15 is 0 Å². The van der Waals surface area contributed by atoms with E-state index in [9.17, 15) is 9.90 Å². The molecule has 0 aliphatic heterocycles. The maximum Gasteiger partial charge on any atom is 0.325 e. The Bertz CT molecular complexity index is 403. The number of aliphatic carboxylic acids is 1. The summed E-state index contributed by atoms with van der Waals surface area (Å²) in [5.74, 6) is -0.625. The van der Waals surface area contributed by atoms with Crippen LogP contribution in [-0.4, -0.2) is 41.8 Å². The first-order valence-corrected chi connectivity index (χ1v) is 5.32. The lowest BCUT2D eigenvalue weighted by atomic mass is 10.1. The van der Waals surface area contributed by atoms with Crippen LogP contribution in [0.2, 0.25) is 0 Å². The first-order chi connectivity index (χ1) is 7.97. The number of aromatic hydroxyl groups is 1. The van der Waals surface area contributed by atoms with Gasteiger partial charge in [0.15, 0.2) is 11.5 Å². The van der Waals surface area contributed by atoms with E-state index in [4.69, 9.17) is 9.84 Å². The molecule has 0 heterocycles. The number of ether oxygens (including phenoxy) is 1. The largest absolute Gasteiger partial charge is 0.504 e. The van der Waals surface area contributed by atoms with Gasteiger partial charge in [-0.1, -0.05) is 6.07 Å². The Kier molecular flexibility index (Phi) is 4.34. The van der Waals surface area contributed by atoms with Crippen LogP contribution in [0.15, 0.2) is 18.2 Å². The van der Waals surface area contributed by atoms with Crippen LogP contribution in [0.4, 0.5) is 0 Å².